The van der Waals surface area contributed by atoms with Gasteiger partial charge >= 0.3 is 0 Å². The molecule has 1 atom stereocenters. The molecular formula is C28H60BrP. The van der Waals surface area contributed by atoms with Gasteiger partial charge in [0.1, 0.15) is 0 Å². The van der Waals surface area contributed by atoms with E-state index in [1.165, 1.54) is 153 Å². The lowest BCUT2D eigenvalue weighted by molar-refractivity contribution is 0.175. The second-order valence-corrected chi connectivity index (χ2v) is 10.6. The SMILES string of the molecule is CCCCC(CCCC)(CCCC)CCCCCCCCCCCCCCCBr.P. The molecule has 30 heavy (non-hydrogen) atoms. The molecule has 0 bridgehead atoms. The lowest BCUT2D eigenvalue weighted by atomic mass is 9.71. The van der Waals surface area contributed by atoms with Crippen molar-refractivity contribution >= 4 is 25.8 Å². The highest BCUT2D eigenvalue weighted by Crippen LogP contribution is 2.41. The first-order valence-corrected chi connectivity index (χ1v) is 14.9. The van der Waals surface area contributed by atoms with Crippen molar-refractivity contribution in [2.24, 2.45) is 5.41 Å². The predicted molar refractivity (Wildman–Crippen MR) is 151 cm³/mol. The molecule has 0 aliphatic heterocycles. The van der Waals surface area contributed by atoms with Crippen LogP contribution in [0.5, 0.6) is 0 Å². The van der Waals surface area contributed by atoms with Crippen molar-refractivity contribution in [2.45, 2.75) is 168 Å². The van der Waals surface area contributed by atoms with E-state index in [0.29, 0.717) is 5.41 Å². The Morgan fingerprint density at radius 3 is 0.967 bits per heavy atom. The van der Waals surface area contributed by atoms with E-state index in [4.69, 9.17) is 0 Å². The Kier molecular flexibility index (Phi) is 28.9. The van der Waals surface area contributed by atoms with Gasteiger partial charge in [-0.3, -0.25) is 0 Å². The van der Waals surface area contributed by atoms with Gasteiger partial charge in [0.25, 0.3) is 0 Å². The molecular weight excluding hydrogens is 447 g/mol. The van der Waals surface area contributed by atoms with E-state index >= 15 is 0 Å². The summed E-state index contributed by atoms with van der Waals surface area (Å²) in [6.07, 6.45) is 33.5. The van der Waals surface area contributed by atoms with E-state index in [1.807, 2.05) is 0 Å². The van der Waals surface area contributed by atoms with Gasteiger partial charge in [-0.25, -0.2) is 0 Å². The summed E-state index contributed by atoms with van der Waals surface area (Å²) in [6, 6.07) is 0. The smallest absolute Gasteiger partial charge is 0.00313 e. The van der Waals surface area contributed by atoms with E-state index in [0.717, 1.165) is 0 Å². The maximum atomic E-state index is 3.52. The molecule has 0 fully saturated rings. The van der Waals surface area contributed by atoms with Crippen LogP contribution in [-0.4, -0.2) is 5.33 Å². The largest absolute Gasteiger partial charge is 0.153 e. The average Bonchev–Trinajstić information content (AvgIpc) is 2.74. The van der Waals surface area contributed by atoms with Gasteiger partial charge in [0.2, 0.25) is 0 Å². The zero-order valence-electron chi connectivity index (χ0n) is 21.6. The summed E-state index contributed by atoms with van der Waals surface area (Å²) in [6.45, 7) is 7.11. The summed E-state index contributed by atoms with van der Waals surface area (Å²) < 4.78 is 0. The molecule has 0 heterocycles. The van der Waals surface area contributed by atoms with Crippen LogP contribution in [0.3, 0.4) is 0 Å². The fourth-order valence-corrected chi connectivity index (χ4v) is 5.34. The highest BCUT2D eigenvalue weighted by molar-refractivity contribution is 9.09. The first-order chi connectivity index (χ1) is 14.2. The molecule has 2 heteroatoms. The van der Waals surface area contributed by atoms with E-state index in [9.17, 15) is 0 Å². The van der Waals surface area contributed by atoms with Crippen LogP contribution in [-0.2, 0) is 0 Å². The van der Waals surface area contributed by atoms with Crippen LogP contribution < -0.4 is 0 Å². The van der Waals surface area contributed by atoms with Gasteiger partial charge in [-0.1, -0.05) is 152 Å². The number of alkyl halides is 1. The van der Waals surface area contributed by atoms with Crippen molar-refractivity contribution in [2.75, 3.05) is 5.33 Å². The Labute approximate surface area is 204 Å². The van der Waals surface area contributed by atoms with Crippen molar-refractivity contribution in [3.8, 4) is 0 Å². The molecule has 0 aromatic heterocycles. The third kappa shape index (κ3) is 20.8. The quantitative estimate of drug-likeness (QED) is 0.0692. The van der Waals surface area contributed by atoms with Crippen molar-refractivity contribution in [3.63, 3.8) is 0 Å². The molecule has 0 saturated heterocycles. The standard InChI is InChI=1S/C28H57Br.H3P/c1-4-7-23-28(24-8-5-2,25-9-6-3)26-21-19-17-15-13-11-10-12-14-16-18-20-22-27-29;/h4-27H2,1-3H3;1H3. The van der Waals surface area contributed by atoms with Gasteiger partial charge in [-0.15, -0.1) is 0 Å². The van der Waals surface area contributed by atoms with Crippen molar-refractivity contribution in [3.05, 3.63) is 0 Å². The molecule has 0 aliphatic rings. The molecule has 1 unspecified atom stereocenters. The molecule has 0 aromatic carbocycles. The molecule has 0 rings (SSSR count). The molecule has 0 amide bonds. The van der Waals surface area contributed by atoms with Crippen molar-refractivity contribution in [1.82, 2.24) is 0 Å². The first kappa shape index (κ1) is 33.1. The van der Waals surface area contributed by atoms with Crippen LogP contribution in [0, 0.1) is 5.41 Å². The summed E-state index contributed by atoms with van der Waals surface area (Å²) in [5.41, 5.74) is 0.691. The maximum Gasteiger partial charge on any atom is 0.00313 e. The third-order valence-electron chi connectivity index (χ3n) is 7.02. The summed E-state index contributed by atoms with van der Waals surface area (Å²) in [4.78, 5) is 0. The number of unbranched alkanes of at least 4 members (excludes halogenated alkanes) is 15. The summed E-state index contributed by atoms with van der Waals surface area (Å²) >= 11 is 3.52. The maximum absolute atomic E-state index is 3.52. The summed E-state index contributed by atoms with van der Waals surface area (Å²) in [7, 11) is 0. The molecule has 0 radical (unpaired) electrons. The Bertz CT molecular complexity index is 283. The highest BCUT2D eigenvalue weighted by atomic mass is 79.9. The fraction of sp³-hybridized carbons (Fsp3) is 1.00. The zero-order valence-corrected chi connectivity index (χ0v) is 24.6. The van der Waals surface area contributed by atoms with Crippen LogP contribution in [0.1, 0.15) is 168 Å². The van der Waals surface area contributed by atoms with Crippen LogP contribution >= 0.6 is 25.8 Å². The van der Waals surface area contributed by atoms with Crippen LogP contribution in [0.15, 0.2) is 0 Å². The van der Waals surface area contributed by atoms with E-state index in [-0.39, 0.29) is 9.90 Å². The van der Waals surface area contributed by atoms with Gasteiger partial charge < -0.3 is 0 Å². The highest BCUT2D eigenvalue weighted by Gasteiger charge is 2.27. The Balaban J connectivity index is 0. The minimum Gasteiger partial charge on any atom is -0.153 e. The molecule has 0 spiro atoms. The molecule has 0 aliphatic carbocycles. The zero-order chi connectivity index (χ0) is 21.5. The van der Waals surface area contributed by atoms with E-state index < -0.39 is 0 Å². The van der Waals surface area contributed by atoms with Crippen molar-refractivity contribution in [1.29, 1.82) is 0 Å². The molecule has 0 aromatic rings. The van der Waals surface area contributed by atoms with Gasteiger partial charge in [0.15, 0.2) is 0 Å². The summed E-state index contributed by atoms with van der Waals surface area (Å²) in [5.74, 6) is 0. The molecule has 184 valence electrons. The lowest BCUT2D eigenvalue weighted by Crippen LogP contribution is -2.21. The number of rotatable bonds is 24. The molecule has 0 nitrogen and oxygen atoms in total. The van der Waals surface area contributed by atoms with Gasteiger partial charge in [0.05, 0.1) is 0 Å². The number of halogens is 1. The Morgan fingerprint density at radius 1 is 0.400 bits per heavy atom. The fourth-order valence-electron chi connectivity index (χ4n) is 4.94. The minimum atomic E-state index is 0. The van der Waals surface area contributed by atoms with Crippen LogP contribution in [0.25, 0.3) is 0 Å². The van der Waals surface area contributed by atoms with Crippen LogP contribution in [0.4, 0.5) is 0 Å². The lowest BCUT2D eigenvalue weighted by Gasteiger charge is -2.35. The number of hydrogen-bond acceptors (Lipinski definition) is 0. The second-order valence-electron chi connectivity index (χ2n) is 9.85. The van der Waals surface area contributed by atoms with Crippen LogP contribution in [0.2, 0.25) is 0 Å². The van der Waals surface area contributed by atoms with E-state index in [1.54, 1.807) is 0 Å². The van der Waals surface area contributed by atoms with Gasteiger partial charge in [0, 0.05) is 5.33 Å². The Morgan fingerprint density at radius 2 is 0.667 bits per heavy atom. The number of hydrogen-bond donors (Lipinski definition) is 0. The van der Waals surface area contributed by atoms with Crippen molar-refractivity contribution < 1.29 is 0 Å². The second kappa shape index (κ2) is 26.2. The van der Waals surface area contributed by atoms with E-state index in [2.05, 4.69) is 36.7 Å². The molecule has 0 N–H and O–H groups in total. The van der Waals surface area contributed by atoms with Gasteiger partial charge in [-0.2, -0.15) is 9.90 Å². The molecule has 0 saturated carbocycles. The normalized spacial score (nSPS) is 11.6. The monoisotopic (exact) mass is 506 g/mol. The topological polar surface area (TPSA) is 0 Å². The summed E-state index contributed by atoms with van der Waals surface area (Å²) in [5, 5.41) is 1.18. The Hall–Kier alpha value is 0.910. The van der Waals surface area contributed by atoms with Gasteiger partial charge in [-0.05, 0) is 37.5 Å². The minimum absolute atomic E-state index is 0. The predicted octanol–water partition coefficient (Wildman–Crippen LogP) is 11.5. The first-order valence-electron chi connectivity index (χ1n) is 13.8. The third-order valence-corrected chi connectivity index (χ3v) is 7.58. The average molecular weight is 508 g/mol.